The van der Waals surface area contributed by atoms with E-state index in [-0.39, 0.29) is 6.42 Å². The summed E-state index contributed by atoms with van der Waals surface area (Å²) in [6.07, 6.45) is 2.56. The van der Waals surface area contributed by atoms with Crippen molar-refractivity contribution >= 4 is 11.9 Å². The van der Waals surface area contributed by atoms with Crippen LogP contribution < -0.4 is 11.1 Å². The van der Waals surface area contributed by atoms with Crippen molar-refractivity contribution < 1.29 is 19.8 Å². The molecule has 0 heterocycles. The number of aliphatic carboxylic acids is 1. The van der Waals surface area contributed by atoms with Crippen LogP contribution in [0.2, 0.25) is 0 Å². The van der Waals surface area contributed by atoms with Gasteiger partial charge < -0.3 is 21.3 Å². The van der Waals surface area contributed by atoms with Crippen LogP contribution in [0.4, 0.5) is 0 Å². The van der Waals surface area contributed by atoms with Crippen LogP contribution in [-0.2, 0) is 9.59 Å². The Morgan fingerprint density at radius 1 is 1.41 bits per heavy atom. The summed E-state index contributed by atoms with van der Waals surface area (Å²) >= 11 is 0. The number of rotatable bonds is 5. The van der Waals surface area contributed by atoms with Crippen molar-refractivity contribution in [3.05, 3.63) is 0 Å². The number of nitrogens with two attached hydrogens (primary N) is 1. The number of carboxylic acids is 1. The number of nitrogens with one attached hydrogen (secondary N) is 1. The lowest BCUT2D eigenvalue weighted by Crippen LogP contribution is -2.50. The van der Waals surface area contributed by atoms with Gasteiger partial charge in [0.2, 0.25) is 5.91 Å². The standard InChI is InChI=1S/C11H20N2O4/c1-7(14)9(10(16)17)13-8(15)6-11(12)4-2-3-5-11/h7,9,14H,2-6,12H2,1H3,(H,13,15)(H,16,17)/t7-,9+/m1/s1. The average molecular weight is 244 g/mol. The Hall–Kier alpha value is -1.14. The molecule has 5 N–H and O–H groups in total. The van der Waals surface area contributed by atoms with Crippen molar-refractivity contribution in [3.8, 4) is 0 Å². The van der Waals surface area contributed by atoms with Gasteiger partial charge in [-0.3, -0.25) is 4.79 Å². The maximum absolute atomic E-state index is 11.7. The molecule has 0 aromatic rings. The van der Waals surface area contributed by atoms with E-state index in [0.29, 0.717) is 0 Å². The Morgan fingerprint density at radius 2 is 1.94 bits per heavy atom. The van der Waals surface area contributed by atoms with Crippen molar-refractivity contribution in [2.45, 2.75) is 56.7 Å². The van der Waals surface area contributed by atoms with E-state index in [0.717, 1.165) is 25.7 Å². The highest BCUT2D eigenvalue weighted by Gasteiger charge is 2.33. The lowest BCUT2D eigenvalue weighted by molar-refractivity contribution is -0.145. The first kappa shape index (κ1) is 13.9. The third-order valence-electron chi connectivity index (χ3n) is 3.18. The van der Waals surface area contributed by atoms with Gasteiger partial charge in [0.15, 0.2) is 6.04 Å². The molecule has 17 heavy (non-hydrogen) atoms. The van der Waals surface area contributed by atoms with Gasteiger partial charge in [0, 0.05) is 12.0 Å². The molecule has 0 aromatic carbocycles. The summed E-state index contributed by atoms with van der Waals surface area (Å²) in [5, 5.41) is 20.3. The number of hydrogen-bond donors (Lipinski definition) is 4. The molecule has 1 fully saturated rings. The molecular weight excluding hydrogens is 224 g/mol. The SMILES string of the molecule is C[C@@H](O)[C@H](NC(=O)CC1(N)CCCC1)C(=O)O. The van der Waals surface area contributed by atoms with Gasteiger partial charge >= 0.3 is 5.97 Å². The molecule has 0 spiro atoms. The topological polar surface area (TPSA) is 113 Å². The highest BCUT2D eigenvalue weighted by Crippen LogP contribution is 2.29. The monoisotopic (exact) mass is 244 g/mol. The largest absolute Gasteiger partial charge is 0.480 e. The van der Waals surface area contributed by atoms with Crippen molar-refractivity contribution in [2.75, 3.05) is 0 Å². The van der Waals surface area contributed by atoms with Gasteiger partial charge in [0.1, 0.15) is 0 Å². The fraction of sp³-hybridized carbons (Fsp3) is 0.818. The van der Waals surface area contributed by atoms with Crippen LogP contribution in [0, 0.1) is 0 Å². The lowest BCUT2D eigenvalue weighted by Gasteiger charge is -2.24. The second-order valence-corrected chi connectivity index (χ2v) is 4.87. The van der Waals surface area contributed by atoms with Crippen LogP contribution in [0.15, 0.2) is 0 Å². The van der Waals surface area contributed by atoms with Gasteiger partial charge in [0.25, 0.3) is 0 Å². The average Bonchev–Trinajstić information content (AvgIpc) is 2.60. The minimum atomic E-state index is -1.27. The predicted octanol–water partition coefficient (Wildman–Crippen LogP) is -0.402. The highest BCUT2D eigenvalue weighted by molar-refractivity contribution is 5.84. The molecule has 2 atom stereocenters. The summed E-state index contributed by atoms with van der Waals surface area (Å²) in [6, 6.07) is -1.27. The number of amides is 1. The summed E-state index contributed by atoms with van der Waals surface area (Å²) in [5.74, 6) is -1.66. The van der Waals surface area contributed by atoms with Gasteiger partial charge in [0.05, 0.1) is 6.10 Å². The quantitative estimate of drug-likeness (QED) is 0.525. The van der Waals surface area contributed by atoms with Gasteiger partial charge in [-0.1, -0.05) is 12.8 Å². The molecular formula is C11H20N2O4. The lowest BCUT2D eigenvalue weighted by atomic mass is 9.94. The minimum Gasteiger partial charge on any atom is -0.480 e. The zero-order valence-electron chi connectivity index (χ0n) is 9.98. The van der Waals surface area contributed by atoms with Crippen molar-refractivity contribution in [1.82, 2.24) is 5.32 Å². The van der Waals surface area contributed by atoms with E-state index in [9.17, 15) is 14.7 Å². The van der Waals surface area contributed by atoms with E-state index in [4.69, 9.17) is 10.8 Å². The smallest absolute Gasteiger partial charge is 0.328 e. The van der Waals surface area contributed by atoms with E-state index in [1.54, 1.807) is 0 Å². The summed E-state index contributed by atoms with van der Waals surface area (Å²) in [4.78, 5) is 22.4. The van der Waals surface area contributed by atoms with Crippen LogP contribution in [0.3, 0.4) is 0 Å². The fourth-order valence-electron chi connectivity index (χ4n) is 2.19. The minimum absolute atomic E-state index is 0.115. The Kier molecular flexibility index (Phi) is 4.47. The zero-order chi connectivity index (χ0) is 13.1. The third kappa shape index (κ3) is 3.98. The van der Waals surface area contributed by atoms with Crippen LogP contribution in [0.1, 0.15) is 39.0 Å². The van der Waals surface area contributed by atoms with Gasteiger partial charge in [-0.05, 0) is 19.8 Å². The van der Waals surface area contributed by atoms with Gasteiger partial charge in [-0.15, -0.1) is 0 Å². The molecule has 0 saturated heterocycles. The molecule has 1 rings (SSSR count). The molecule has 0 aromatic heterocycles. The van der Waals surface area contributed by atoms with Crippen LogP contribution >= 0.6 is 0 Å². The second-order valence-electron chi connectivity index (χ2n) is 4.87. The first-order valence-electron chi connectivity index (χ1n) is 5.83. The van der Waals surface area contributed by atoms with Crippen molar-refractivity contribution in [3.63, 3.8) is 0 Å². The number of aliphatic hydroxyl groups excluding tert-OH is 1. The molecule has 6 heteroatoms. The number of carboxylic acid groups (broad SMARTS) is 1. The number of carbonyl (C=O) groups excluding carboxylic acids is 1. The summed E-state index contributed by atoms with van der Waals surface area (Å²) in [6.45, 7) is 1.33. The second kappa shape index (κ2) is 5.46. The van der Waals surface area contributed by atoms with E-state index in [2.05, 4.69) is 5.32 Å². The predicted molar refractivity (Wildman–Crippen MR) is 61.3 cm³/mol. The molecule has 1 aliphatic rings. The summed E-state index contributed by atoms with van der Waals surface area (Å²) in [7, 11) is 0. The van der Waals surface area contributed by atoms with E-state index >= 15 is 0 Å². The molecule has 0 bridgehead atoms. The van der Waals surface area contributed by atoms with Crippen LogP contribution in [0.25, 0.3) is 0 Å². The number of aliphatic hydroxyl groups is 1. The Morgan fingerprint density at radius 3 is 2.35 bits per heavy atom. The highest BCUT2D eigenvalue weighted by atomic mass is 16.4. The Labute approximate surface area is 100 Å². The van der Waals surface area contributed by atoms with Crippen molar-refractivity contribution in [2.24, 2.45) is 5.73 Å². The molecule has 1 saturated carbocycles. The van der Waals surface area contributed by atoms with E-state index in [1.165, 1.54) is 6.92 Å². The van der Waals surface area contributed by atoms with Gasteiger partial charge in [-0.25, -0.2) is 4.79 Å². The summed E-state index contributed by atoms with van der Waals surface area (Å²) < 4.78 is 0. The number of hydrogen-bond acceptors (Lipinski definition) is 4. The number of carbonyl (C=O) groups is 2. The molecule has 1 amide bonds. The molecule has 0 unspecified atom stereocenters. The first-order valence-corrected chi connectivity index (χ1v) is 5.83. The normalized spacial score (nSPS) is 21.8. The summed E-state index contributed by atoms with van der Waals surface area (Å²) in [5.41, 5.74) is 5.51. The van der Waals surface area contributed by atoms with Crippen molar-refractivity contribution in [1.29, 1.82) is 0 Å². The maximum atomic E-state index is 11.7. The maximum Gasteiger partial charge on any atom is 0.328 e. The zero-order valence-corrected chi connectivity index (χ0v) is 9.98. The van der Waals surface area contributed by atoms with Crippen LogP contribution in [-0.4, -0.2) is 39.8 Å². The molecule has 6 nitrogen and oxygen atoms in total. The Bertz CT molecular complexity index is 298. The molecule has 0 aliphatic heterocycles. The first-order chi connectivity index (χ1) is 7.84. The van der Waals surface area contributed by atoms with E-state index < -0.39 is 29.6 Å². The molecule has 98 valence electrons. The Balaban J connectivity index is 2.50. The third-order valence-corrected chi connectivity index (χ3v) is 3.18. The fourth-order valence-corrected chi connectivity index (χ4v) is 2.19. The molecule has 1 aliphatic carbocycles. The van der Waals surface area contributed by atoms with E-state index in [1.807, 2.05) is 0 Å². The van der Waals surface area contributed by atoms with Crippen LogP contribution in [0.5, 0.6) is 0 Å². The van der Waals surface area contributed by atoms with Gasteiger partial charge in [-0.2, -0.15) is 0 Å². The molecule has 0 radical (unpaired) electrons.